The summed E-state index contributed by atoms with van der Waals surface area (Å²) >= 11 is 0. The van der Waals surface area contributed by atoms with Gasteiger partial charge in [0.25, 0.3) is 0 Å². The predicted octanol–water partition coefficient (Wildman–Crippen LogP) is 2.53. The molecule has 0 saturated carbocycles. The van der Waals surface area contributed by atoms with Crippen LogP contribution >= 0.6 is 7.60 Å². The second-order valence-electron chi connectivity index (χ2n) is 8.06. The van der Waals surface area contributed by atoms with Crippen molar-refractivity contribution in [2.45, 2.75) is 71.7 Å². The molecule has 0 aliphatic carbocycles. The average molecular weight is 547 g/mol. The first-order chi connectivity index (χ1) is 17.4. The van der Waals surface area contributed by atoms with Gasteiger partial charge in [-0.1, -0.05) is 0 Å². The fourth-order valence-corrected chi connectivity index (χ4v) is 5.45. The minimum absolute atomic E-state index is 0.0351. The van der Waals surface area contributed by atoms with E-state index in [-0.39, 0.29) is 43.0 Å². The van der Waals surface area contributed by atoms with Crippen LogP contribution in [0.2, 0.25) is 0 Å². The van der Waals surface area contributed by atoms with E-state index < -0.39 is 56.2 Å². The number of carbonyl (C=O) groups is 3. The van der Waals surface area contributed by atoms with Crippen LogP contribution < -0.4 is 10.5 Å². The minimum atomic E-state index is -3.53. The molecular weight excluding hydrogens is 513 g/mol. The Kier molecular flexibility index (Phi) is 11.2. The number of ether oxygens (including phenoxy) is 5. The van der Waals surface area contributed by atoms with E-state index in [1.165, 1.54) is 18.2 Å². The fourth-order valence-electron chi connectivity index (χ4n) is 3.76. The molecule has 1 heterocycles. The highest BCUT2D eigenvalue weighted by Crippen LogP contribution is 2.49. The van der Waals surface area contributed by atoms with Gasteiger partial charge < -0.3 is 43.6 Å². The monoisotopic (exact) mass is 547 g/mol. The van der Waals surface area contributed by atoms with Crippen molar-refractivity contribution in [3.8, 4) is 11.5 Å². The zero-order valence-electron chi connectivity index (χ0n) is 21.4. The summed E-state index contributed by atoms with van der Waals surface area (Å²) in [4.78, 5) is 35.9. The van der Waals surface area contributed by atoms with Gasteiger partial charge in [-0.25, -0.2) is 0 Å². The maximum Gasteiger partial charge on any atom is 0.330 e. The Balaban J connectivity index is 2.48. The summed E-state index contributed by atoms with van der Waals surface area (Å²) in [6.07, 6.45) is -6.61. The molecule has 1 aromatic rings. The molecule has 1 aliphatic rings. The van der Waals surface area contributed by atoms with E-state index in [0.717, 1.165) is 20.8 Å². The number of benzene rings is 1. The van der Waals surface area contributed by atoms with Crippen LogP contribution in [0.1, 0.15) is 41.0 Å². The zero-order chi connectivity index (χ0) is 27.8. The van der Waals surface area contributed by atoms with Crippen molar-refractivity contribution in [2.75, 3.05) is 25.1 Å². The van der Waals surface area contributed by atoms with Crippen molar-refractivity contribution in [1.82, 2.24) is 0 Å². The van der Waals surface area contributed by atoms with Gasteiger partial charge in [-0.3, -0.25) is 18.9 Å². The number of phenols is 1. The fraction of sp³-hybridized carbons (Fsp3) is 0.609. The largest absolute Gasteiger partial charge is 0.506 e. The number of hydrogen-bond acceptors (Lipinski definition) is 13. The van der Waals surface area contributed by atoms with Gasteiger partial charge in [0.05, 0.1) is 25.1 Å². The second kappa shape index (κ2) is 13.6. The van der Waals surface area contributed by atoms with Gasteiger partial charge in [0, 0.05) is 26.8 Å². The lowest BCUT2D eigenvalue weighted by molar-refractivity contribution is -0.283. The maximum absolute atomic E-state index is 13.1. The molecular formula is C23H34NO12P. The van der Waals surface area contributed by atoms with Crippen molar-refractivity contribution in [3.63, 3.8) is 0 Å². The van der Waals surface area contributed by atoms with E-state index in [4.69, 9.17) is 38.5 Å². The van der Waals surface area contributed by atoms with Crippen molar-refractivity contribution < 1.29 is 56.8 Å². The third-order valence-corrected chi connectivity index (χ3v) is 7.20. The molecule has 37 heavy (non-hydrogen) atoms. The molecule has 0 bridgehead atoms. The lowest BCUT2D eigenvalue weighted by atomic mass is 9.96. The van der Waals surface area contributed by atoms with Crippen molar-refractivity contribution in [3.05, 3.63) is 18.2 Å². The molecule has 0 spiro atoms. The van der Waals surface area contributed by atoms with Crippen LogP contribution in [0.4, 0.5) is 5.69 Å². The molecule has 1 aromatic carbocycles. The Morgan fingerprint density at radius 2 is 1.49 bits per heavy atom. The number of esters is 3. The van der Waals surface area contributed by atoms with Crippen LogP contribution in [0.15, 0.2) is 18.2 Å². The minimum Gasteiger partial charge on any atom is -0.506 e. The van der Waals surface area contributed by atoms with Crippen molar-refractivity contribution in [1.29, 1.82) is 0 Å². The average Bonchev–Trinajstić information content (AvgIpc) is 2.78. The van der Waals surface area contributed by atoms with Crippen molar-refractivity contribution >= 4 is 31.2 Å². The summed E-state index contributed by atoms with van der Waals surface area (Å²) in [5, 5.41) is 9.96. The first-order valence-electron chi connectivity index (χ1n) is 11.7. The topological polar surface area (TPSA) is 179 Å². The molecule has 3 N–H and O–H groups in total. The molecule has 0 amide bonds. The molecule has 1 saturated heterocycles. The highest BCUT2D eigenvalue weighted by molar-refractivity contribution is 7.53. The number of carbonyl (C=O) groups excluding carboxylic acids is 3. The second-order valence-corrected chi connectivity index (χ2v) is 10.2. The Labute approximate surface area is 215 Å². The molecule has 0 aromatic heterocycles. The van der Waals surface area contributed by atoms with Gasteiger partial charge in [0.1, 0.15) is 17.6 Å². The number of hydrogen-bond donors (Lipinski definition) is 2. The van der Waals surface area contributed by atoms with E-state index in [1.807, 2.05) is 0 Å². The number of rotatable bonds is 12. The van der Waals surface area contributed by atoms with Crippen LogP contribution in [-0.2, 0) is 46.9 Å². The Hall–Kier alpha value is -2.86. The van der Waals surface area contributed by atoms with Crippen LogP contribution in [0, 0.1) is 0 Å². The number of anilines is 1. The first kappa shape index (κ1) is 30.4. The van der Waals surface area contributed by atoms with E-state index in [1.54, 1.807) is 13.8 Å². The normalized spacial score (nSPS) is 23.6. The molecule has 0 unspecified atom stereocenters. The van der Waals surface area contributed by atoms with Gasteiger partial charge >= 0.3 is 25.5 Å². The van der Waals surface area contributed by atoms with E-state index in [2.05, 4.69) is 0 Å². The lowest BCUT2D eigenvalue weighted by Crippen LogP contribution is -2.62. The molecule has 13 nitrogen and oxygen atoms in total. The summed E-state index contributed by atoms with van der Waals surface area (Å²) in [6, 6.07) is 4.04. The molecule has 2 rings (SSSR count). The van der Waals surface area contributed by atoms with E-state index in [9.17, 15) is 24.1 Å². The number of phenolic OH excluding ortho intramolecular Hbond substituents is 1. The number of nitrogen functional groups attached to an aromatic ring is 1. The zero-order valence-corrected chi connectivity index (χ0v) is 22.3. The number of aromatic hydroxyl groups is 1. The SMILES string of the molecule is CCOP(=O)(CC[C@H]1O[C@H](Oc2ccc(N)c(O)c2)[C@@H](OC(C)=O)[C@@H](OC(C)=O)[C@@H]1OC(C)=O)OCC. The molecule has 5 atom stereocenters. The first-order valence-corrected chi connectivity index (χ1v) is 13.4. The summed E-state index contributed by atoms with van der Waals surface area (Å²) in [5.74, 6) is -2.40. The molecule has 208 valence electrons. The summed E-state index contributed by atoms with van der Waals surface area (Å²) in [5.41, 5.74) is 5.74. The Morgan fingerprint density at radius 3 is 2.00 bits per heavy atom. The van der Waals surface area contributed by atoms with E-state index in [0.29, 0.717) is 0 Å². The molecule has 1 aliphatic heterocycles. The third kappa shape index (κ3) is 8.89. The highest BCUT2D eigenvalue weighted by atomic mass is 31.2. The highest BCUT2D eigenvalue weighted by Gasteiger charge is 2.53. The lowest BCUT2D eigenvalue weighted by Gasteiger charge is -2.44. The maximum atomic E-state index is 13.1. The van der Waals surface area contributed by atoms with Gasteiger partial charge in [-0.15, -0.1) is 0 Å². The van der Waals surface area contributed by atoms with E-state index >= 15 is 0 Å². The van der Waals surface area contributed by atoms with Crippen LogP contribution in [-0.4, -0.2) is 73.1 Å². The van der Waals surface area contributed by atoms with Crippen LogP contribution in [0.3, 0.4) is 0 Å². The number of nitrogens with two attached hydrogens (primary N) is 1. The van der Waals surface area contributed by atoms with Gasteiger partial charge in [0.2, 0.25) is 12.4 Å². The standard InChI is InChI=1S/C23H34NO12P/c1-6-30-37(29,31-7-2)11-10-19-20(32-13(3)25)21(33-14(4)26)22(34-15(5)27)23(36-19)35-16-8-9-17(24)18(28)12-16/h8-9,12,19-23,28H,6-7,10-11,24H2,1-5H3/t19-,20-,21+,22+,23+/m1/s1. The third-order valence-electron chi connectivity index (χ3n) is 5.09. The quantitative estimate of drug-likeness (QED) is 0.128. The van der Waals surface area contributed by atoms with Crippen LogP contribution in [0.25, 0.3) is 0 Å². The van der Waals surface area contributed by atoms with Gasteiger partial charge in [-0.05, 0) is 32.4 Å². The summed E-state index contributed by atoms with van der Waals surface area (Å²) < 4.78 is 51.9. The molecule has 1 fully saturated rings. The summed E-state index contributed by atoms with van der Waals surface area (Å²) in [6.45, 7) is 7.00. The molecule has 0 radical (unpaired) electrons. The smallest absolute Gasteiger partial charge is 0.330 e. The predicted molar refractivity (Wildman–Crippen MR) is 129 cm³/mol. The Bertz CT molecular complexity index is 992. The van der Waals surface area contributed by atoms with Crippen molar-refractivity contribution in [2.24, 2.45) is 0 Å². The van der Waals surface area contributed by atoms with Gasteiger partial charge in [-0.2, -0.15) is 0 Å². The summed E-state index contributed by atoms with van der Waals surface area (Å²) in [7, 11) is -3.53. The molecule has 14 heteroatoms. The van der Waals surface area contributed by atoms with Crippen LogP contribution in [0.5, 0.6) is 11.5 Å². The Morgan fingerprint density at radius 1 is 0.946 bits per heavy atom. The van der Waals surface area contributed by atoms with Gasteiger partial charge in [0.15, 0.2) is 12.2 Å².